The van der Waals surface area contributed by atoms with Gasteiger partial charge in [0, 0.05) is 0 Å². The summed E-state index contributed by atoms with van der Waals surface area (Å²) in [5.74, 6) is 5.51. The molecule has 0 spiro atoms. The maximum absolute atomic E-state index is 11.8. The van der Waals surface area contributed by atoms with Gasteiger partial charge in [-0.05, 0) is 16.3 Å². The number of amides is 2. The van der Waals surface area contributed by atoms with Crippen LogP contribution in [-0.4, -0.2) is 32.7 Å². The number of fused-ring (bicyclic) bond motifs is 1. The van der Waals surface area contributed by atoms with E-state index in [1.807, 2.05) is 0 Å². The lowest BCUT2D eigenvalue weighted by Crippen LogP contribution is -2.41. The van der Waals surface area contributed by atoms with Crippen molar-refractivity contribution in [1.29, 1.82) is 0 Å². The molecule has 2 amide bonds. The number of aryl methyl sites for hydroxylation is 1. The fourth-order valence-corrected chi connectivity index (χ4v) is 1.66. The van der Waals surface area contributed by atoms with E-state index in [0.717, 1.165) is 5.01 Å². The van der Waals surface area contributed by atoms with Crippen molar-refractivity contribution in [2.45, 2.75) is 6.92 Å². The van der Waals surface area contributed by atoms with Gasteiger partial charge in [0.1, 0.15) is 12.4 Å². The molecule has 2 rings (SSSR count). The molecule has 80 valence electrons. The number of nitrogens with one attached hydrogen (secondary N) is 1. The van der Waals surface area contributed by atoms with Gasteiger partial charge in [0.2, 0.25) is 5.91 Å². The minimum Gasteiger partial charge on any atom is -0.307 e. The van der Waals surface area contributed by atoms with E-state index in [2.05, 4.69) is 19.7 Å². The average Bonchev–Trinajstić information content (AvgIpc) is 2.35. The zero-order valence-corrected chi connectivity index (χ0v) is 9.17. The Balaban J connectivity index is 2.59. The Morgan fingerprint density at radius 1 is 1.53 bits per heavy atom. The van der Waals surface area contributed by atoms with Gasteiger partial charge < -0.3 is 9.65 Å². The fourth-order valence-electron chi connectivity index (χ4n) is 1.37. The van der Waals surface area contributed by atoms with E-state index in [1.165, 1.54) is 4.34 Å². The average molecular weight is 227 g/mol. The summed E-state index contributed by atoms with van der Waals surface area (Å²) in [4.78, 5) is 27.1. The number of anilines is 1. The van der Waals surface area contributed by atoms with Crippen LogP contribution < -0.4 is 11.2 Å². The summed E-state index contributed by atoms with van der Waals surface area (Å²) in [6.07, 6.45) is 0. The molecule has 3 N–H and O–H groups in total. The van der Waals surface area contributed by atoms with Crippen molar-refractivity contribution in [2.75, 3.05) is 11.9 Å². The third kappa shape index (κ3) is 1.49. The van der Waals surface area contributed by atoms with E-state index in [9.17, 15) is 9.59 Å². The number of carbonyl (C=O) groups excluding carboxylic acids is 2. The van der Waals surface area contributed by atoms with Crippen LogP contribution in [-0.2, 0) is 4.79 Å². The van der Waals surface area contributed by atoms with Crippen LogP contribution in [0.25, 0.3) is 0 Å². The van der Waals surface area contributed by atoms with E-state index < -0.39 is 5.91 Å². The number of carbonyl (C=O) groups is 2. The van der Waals surface area contributed by atoms with Gasteiger partial charge in [0.15, 0.2) is 11.5 Å². The highest BCUT2D eigenvalue weighted by Gasteiger charge is 2.29. The van der Waals surface area contributed by atoms with Crippen LogP contribution in [0.4, 0.5) is 5.82 Å². The van der Waals surface area contributed by atoms with Crippen LogP contribution in [0.5, 0.6) is 0 Å². The topological polar surface area (TPSA) is 93.2 Å². The van der Waals surface area contributed by atoms with Crippen molar-refractivity contribution >= 4 is 27.0 Å². The third-order valence-electron chi connectivity index (χ3n) is 2.12. The first-order valence-corrected chi connectivity index (χ1v) is 4.73. The van der Waals surface area contributed by atoms with Crippen LogP contribution in [0.15, 0.2) is 0 Å². The maximum Gasteiger partial charge on any atom is 0.289 e. The molecule has 1 unspecified atom stereocenters. The highest BCUT2D eigenvalue weighted by atomic mass is 31.0. The van der Waals surface area contributed by atoms with Crippen LogP contribution in [0.3, 0.4) is 0 Å². The quantitative estimate of drug-likeness (QED) is 0.341. The number of nitrogens with zero attached hydrogens (tertiary/aromatic N) is 3. The minimum absolute atomic E-state index is 0.168. The molecule has 15 heavy (non-hydrogen) atoms. The lowest BCUT2D eigenvalue weighted by atomic mass is 10.4. The normalized spacial score (nSPS) is 16.1. The van der Waals surface area contributed by atoms with E-state index in [-0.39, 0.29) is 24.0 Å². The summed E-state index contributed by atoms with van der Waals surface area (Å²) in [5.41, 5.74) is 0.269. The summed E-state index contributed by atoms with van der Waals surface area (Å²) in [7, 11) is 2.35. The summed E-state index contributed by atoms with van der Waals surface area (Å²) in [6.45, 7) is 1.56. The van der Waals surface area contributed by atoms with Crippen LogP contribution in [0.2, 0.25) is 0 Å². The second-order valence-electron chi connectivity index (χ2n) is 3.21. The van der Waals surface area contributed by atoms with Gasteiger partial charge in [-0.1, -0.05) is 0 Å². The zero-order chi connectivity index (χ0) is 11.2. The molecule has 0 bridgehead atoms. The van der Waals surface area contributed by atoms with Gasteiger partial charge in [-0.15, -0.1) is 0 Å². The Morgan fingerprint density at radius 3 is 2.87 bits per heavy atom. The Kier molecular flexibility index (Phi) is 2.21. The molecule has 7 nitrogen and oxygen atoms in total. The second-order valence-corrected chi connectivity index (χ2v) is 3.72. The van der Waals surface area contributed by atoms with Crippen molar-refractivity contribution in [3.8, 4) is 0 Å². The summed E-state index contributed by atoms with van der Waals surface area (Å²) >= 11 is 0. The summed E-state index contributed by atoms with van der Waals surface area (Å²) < 4.78 is 1.52. The molecule has 8 heteroatoms. The minimum atomic E-state index is -0.432. The molecule has 0 fully saturated rings. The standard InChI is InChI=1S/C7H10N5O2P/c1-3-9-6-5(12(3)15)7(14)11(8)2-4(13)10-6/h2,8,15H2,1H3,(H,10,13). The van der Waals surface area contributed by atoms with Crippen molar-refractivity contribution in [3.63, 3.8) is 0 Å². The van der Waals surface area contributed by atoms with Gasteiger partial charge in [-0.25, -0.2) is 10.8 Å². The molecule has 0 aliphatic carbocycles. The third-order valence-corrected chi connectivity index (χ3v) is 2.75. The lowest BCUT2D eigenvalue weighted by molar-refractivity contribution is -0.116. The van der Waals surface area contributed by atoms with Crippen LogP contribution in [0.1, 0.15) is 16.3 Å². The fraction of sp³-hybridized carbons (Fsp3) is 0.286. The first kappa shape index (κ1) is 10.1. The number of hydrazine groups is 1. The lowest BCUT2D eigenvalue weighted by Gasteiger charge is -2.12. The molecule has 1 atom stereocenters. The smallest absolute Gasteiger partial charge is 0.289 e. The van der Waals surface area contributed by atoms with Gasteiger partial charge in [0.05, 0.1) is 0 Å². The van der Waals surface area contributed by atoms with Crippen molar-refractivity contribution in [3.05, 3.63) is 11.5 Å². The molecule has 2 heterocycles. The molecule has 0 saturated heterocycles. The van der Waals surface area contributed by atoms with Crippen LogP contribution in [0, 0.1) is 6.92 Å². The number of hydrogen-bond donors (Lipinski definition) is 2. The molecule has 1 aromatic heterocycles. The number of imidazole rings is 1. The van der Waals surface area contributed by atoms with Gasteiger partial charge in [0.25, 0.3) is 5.91 Å². The van der Waals surface area contributed by atoms with E-state index >= 15 is 0 Å². The maximum atomic E-state index is 11.8. The Bertz CT molecular complexity index is 454. The number of aromatic nitrogens is 2. The van der Waals surface area contributed by atoms with E-state index in [0.29, 0.717) is 5.82 Å². The highest BCUT2D eigenvalue weighted by molar-refractivity contribution is 7.14. The van der Waals surface area contributed by atoms with E-state index in [1.54, 1.807) is 6.92 Å². The molecule has 1 aliphatic heterocycles. The Hall–Kier alpha value is -1.46. The SMILES string of the molecule is Cc1nc2c(n1P)C(=O)N(N)CC(=O)N2. The molecule has 1 aromatic rings. The molecular weight excluding hydrogens is 217 g/mol. The van der Waals surface area contributed by atoms with Gasteiger partial charge in [-0.2, -0.15) is 0 Å². The first-order chi connectivity index (χ1) is 7.00. The number of nitrogens with two attached hydrogens (primary N) is 1. The predicted octanol–water partition coefficient (Wildman–Crippen LogP) is -0.902. The van der Waals surface area contributed by atoms with Gasteiger partial charge >= 0.3 is 0 Å². The number of rotatable bonds is 0. The Labute approximate surface area is 87.9 Å². The molecule has 0 radical (unpaired) electrons. The van der Waals surface area contributed by atoms with Crippen molar-refractivity contribution in [1.82, 2.24) is 14.3 Å². The molecular formula is C7H10N5O2P. The highest BCUT2D eigenvalue weighted by Crippen LogP contribution is 2.22. The summed E-state index contributed by atoms with van der Waals surface area (Å²) in [5, 5.41) is 3.38. The summed E-state index contributed by atoms with van der Waals surface area (Å²) in [6, 6.07) is 0. The largest absolute Gasteiger partial charge is 0.307 e. The molecule has 0 aromatic carbocycles. The predicted molar refractivity (Wildman–Crippen MR) is 55.9 cm³/mol. The van der Waals surface area contributed by atoms with Crippen LogP contribution >= 0.6 is 9.39 Å². The second kappa shape index (κ2) is 3.29. The van der Waals surface area contributed by atoms with E-state index in [4.69, 9.17) is 5.84 Å². The zero-order valence-electron chi connectivity index (χ0n) is 8.02. The molecule has 0 saturated carbocycles. The monoisotopic (exact) mass is 227 g/mol. The Morgan fingerprint density at radius 2 is 2.20 bits per heavy atom. The molecule has 1 aliphatic rings. The van der Waals surface area contributed by atoms with Gasteiger partial charge in [-0.3, -0.25) is 14.6 Å². The van der Waals surface area contributed by atoms with Crippen molar-refractivity contribution < 1.29 is 9.59 Å². The first-order valence-electron chi connectivity index (χ1n) is 4.21. The van der Waals surface area contributed by atoms with Crippen molar-refractivity contribution in [2.24, 2.45) is 5.84 Å². The number of hydrogen-bond acceptors (Lipinski definition) is 4.